The number of hydrogen-bond acceptors (Lipinski definition) is 3. The number of thiophene rings is 1. The van der Waals surface area contributed by atoms with Gasteiger partial charge in [0, 0.05) is 24.7 Å². The van der Waals surface area contributed by atoms with Gasteiger partial charge in [-0.1, -0.05) is 11.6 Å². The minimum atomic E-state index is -0.0230. The van der Waals surface area contributed by atoms with Gasteiger partial charge in [0.1, 0.15) is 0 Å². The Morgan fingerprint density at radius 1 is 1.56 bits per heavy atom. The van der Waals surface area contributed by atoms with Crippen LogP contribution in [0, 0.1) is 6.92 Å². The molecule has 0 spiro atoms. The van der Waals surface area contributed by atoms with Crippen molar-refractivity contribution >= 4 is 28.8 Å². The van der Waals surface area contributed by atoms with Gasteiger partial charge in [0.05, 0.1) is 22.6 Å². The van der Waals surface area contributed by atoms with Crippen LogP contribution >= 0.6 is 22.9 Å². The van der Waals surface area contributed by atoms with Crippen molar-refractivity contribution in [2.75, 3.05) is 7.05 Å². The molecule has 0 aliphatic heterocycles. The topological polar surface area (TPSA) is 38.1 Å². The zero-order valence-electron chi connectivity index (χ0n) is 10.5. The molecule has 18 heavy (non-hydrogen) atoms. The summed E-state index contributed by atoms with van der Waals surface area (Å²) < 4.78 is 2.44. The van der Waals surface area contributed by atoms with Gasteiger partial charge in [-0.25, -0.2) is 0 Å². The number of carbonyl (C=O) groups is 1. The molecule has 0 N–H and O–H groups in total. The molecule has 1 amide bonds. The highest BCUT2D eigenvalue weighted by atomic mass is 35.5. The molecular weight excluding hydrogens is 270 g/mol. The fourth-order valence-electron chi connectivity index (χ4n) is 1.66. The van der Waals surface area contributed by atoms with Crippen LogP contribution < -0.4 is 0 Å². The first-order valence-electron chi connectivity index (χ1n) is 5.47. The molecule has 0 saturated carbocycles. The first-order valence-corrected chi connectivity index (χ1v) is 6.66. The second-order valence-corrected chi connectivity index (χ2v) is 5.93. The highest BCUT2D eigenvalue weighted by molar-refractivity contribution is 7.16. The van der Waals surface area contributed by atoms with Crippen molar-refractivity contribution < 1.29 is 4.79 Å². The van der Waals surface area contributed by atoms with Gasteiger partial charge in [0.2, 0.25) is 0 Å². The van der Waals surface area contributed by atoms with E-state index in [2.05, 4.69) is 5.10 Å². The summed E-state index contributed by atoms with van der Waals surface area (Å²) in [7, 11) is 3.60. The van der Waals surface area contributed by atoms with Crippen LogP contribution in [-0.2, 0) is 13.6 Å². The summed E-state index contributed by atoms with van der Waals surface area (Å²) in [5.41, 5.74) is 1.51. The van der Waals surface area contributed by atoms with Crippen molar-refractivity contribution in [2.24, 2.45) is 7.05 Å². The maximum absolute atomic E-state index is 12.2. The molecule has 2 aromatic rings. The number of halogens is 1. The maximum atomic E-state index is 12.2. The average Bonchev–Trinajstić information content (AvgIpc) is 2.87. The quantitative estimate of drug-likeness (QED) is 0.869. The monoisotopic (exact) mass is 283 g/mol. The second-order valence-electron chi connectivity index (χ2n) is 4.13. The van der Waals surface area contributed by atoms with E-state index in [1.807, 2.05) is 26.1 Å². The fourth-order valence-corrected chi connectivity index (χ4v) is 2.80. The van der Waals surface area contributed by atoms with Crippen LogP contribution in [0.2, 0.25) is 4.34 Å². The number of hydrogen-bond donors (Lipinski definition) is 0. The number of amides is 1. The molecule has 0 aliphatic carbocycles. The van der Waals surface area contributed by atoms with Crippen LogP contribution in [0.3, 0.4) is 0 Å². The molecule has 2 aromatic heterocycles. The largest absolute Gasteiger partial charge is 0.336 e. The lowest BCUT2D eigenvalue weighted by molar-refractivity contribution is 0.0785. The zero-order chi connectivity index (χ0) is 13.3. The van der Waals surface area contributed by atoms with Crippen LogP contribution in [0.15, 0.2) is 18.3 Å². The summed E-state index contributed by atoms with van der Waals surface area (Å²) >= 11 is 7.36. The molecule has 96 valence electrons. The van der Waals surface area contributed by atoms with Gasteiger partial charge < -0.3 is 4.90 Å². The lowest BCUT2D eigenvalue weighted by atomic mass is 10.2. The Kier molecular flexibility index (Phi) is 3.73. The highest BCUT2D eigenvalue weighted by Gasteiger charge is 2.17. The van der Waals surface area contributed by atoms with Crippen molar-refractivity contribution in [3.05, 3.63) is 38.8 Å². The molecule has 2 rings (SSSR count). The van der Waals surface area contributed by atoms with Crippen molar-refractivity contribution in [3.63, 3.8) is 0 Å². The number of aryl methyl sites for hydroxylation is 1. The van der Waals surface area contributed by atoms with Gasteiger partial charge in [-0.2, -0.15) is 5.10 Å². The molecule has 0 saturated heterocycles. The van der Waals surface area contributed by atoms with E-state index in [0.29, 0.717) is 12.1 Å². The van der Waals surface area contributed by atoms with Gasteiger partial charge >= 0.3 is 0 Å². The molecule has 0 bridgehead atoms. The molecule has 4 nitrogen and oxygen atoms in total. The van der Waals surface area contributed by atoms with Crippen molar-refractivity contribution in [1.29, 1.82) is 0 Å². The third kappa shape index (κ3) is 2.57. The van der Waals surface area contributed by atoms with E-state index in [1.54, 1.807) is 22.8 Å². The summed E-state index contributed by atoms with van der Waals surface area (Å²) in [4.78, 5) is 15.0. The molecule has 0 unspecified atom stereocenters. The lowest BCUT2D eigenvalue weighted by Crippen LogP contribution is -2.26. The Morgan fingerprint density at radius 3 is 2.78 bits per heavy atom. The summed E-state index contributed by atoms with van der Waals surface area (Å²) in [6.45, 7) is 2.45. The molecular formula is C12H14ClN3OS. The molecule has 0 radical (unpaired) electrons. The van der Waals surface area contributed by atoms with E-state index in [1.165, 1.54) is 11.3 Å². The van der Waals surface area contributed by atoms with Crippen LogP contribution in [0.1, 0.15) is 20.9 Å². The molecule has 6 heteroatoms. The molecule has 0 aliphatic rings. The smallest absolute Gasteiger partial charge is 0.257 e. The second kappa shape index (κ2) is 5.12. The maximum Gasteiger partial charge on any atom is 0.257 e. The minimum absolute atomic E-state index is 0.0230. The summed E-state index contributed by atoms with van der Waals surface area (Å²) in [6, 6.07) is 3.78. The van der Waals surface area contributed by atoms with Gasteiger partial charge in [-0.3, -0.25) is 9.48 Å². The summed E-state index contributed by atoms with van der Waals surface area (Å²) in [5, 5.41) is 4.08. The van der Waals surface area contributed by atoms with Crippen LogP contribution in [0.25, 0.3) is 0 Å². The Bertz CT molecular complexity index is 576. The van der Waals surface area contributed by atoms with E-state index in [-0.39, 0.29) is 5.91 Å². The number of carbonyl (C=O) groups excluding carboxylic acids is 1. The highest BCUT2D eigenvalue weighted by Crippen LogP contribution is 2.23. The van der Waals surface area contributed by atoms with Crippen molar-refractivity contribution in [1.82, 2.24) is 14.7 Å². The van der Waals surface area contributed by atoms with Crippen molar-refractivity contribution in [3.8, 4) is 0 Å². The van der Waals surface area contributed by atoms with Crippen LogP contribution in [0.4, 0.5) is 0 Å². The van der Waals surface area contributed by atoms with E-state index in [0.717, 1.165) is 14.9 Å². The van der Waals surface area contributed by atoms with E-state index in [4.69, 9.17) is 11.6 Å². The Morgan fingerprint density at radius 2 is 2.28 bits per heavy atom. The normalized spacial score (nSPS) is 10.7. The van der Waals surface area contributed by atoms with Crippen LogP contribution in [-0.4, -0.2) is 27.6 Å². The minimum Gasteiger partial charge on any atom is -0.336 e. The molecule has 0 aromatic carbocycles. The summed E-state index contributed by atoms with van der Waals surface area (Å²) in [6.07, 6.45) is 1.61. The van der Waals surface area contributed by atoms with Crippen LogP contribution in [0.5, 0.6) is 0 Å². The lowest BCUT2D eigenvalue weighted by Gasteiger charge is -2.15. The number of nitrogens with zero attached hydrogens (tertiary/aromatic N) is 3. The van der Waals surface area contributed by atoms with Gasteiger partial charge in [-0.15, -0.1) is 11.3 Å². The van der Waals surface area contributed by atoms with Gasteiger partial charge in [-0.05, 0) is 19.1 Å². The molecule has 0 atom stereocenters. The predicted molar refractivity (Wildman–Crippen MR) is 73.1 cm³/mol. The van der Waals surface area contributed by atoms with Gasteiger partial charge in [0.15, 0.2) is 0 Å². The van der Waals surface area contributed by atoms with E-state index in [9.17, 15) is 4.79 Å². The fraction of sp³-hybridized carbons (Fsp3) is 0.333. The zero-order valence-corrected chi connectivity index (χ0v) is 12.0. The van der Waals surface area contributed by atoms with Gasteiger partial charge in [0.25, 0.3) is 5.91 Å². The van der Waals surface area contributed by atoms with E-state index >= 15 is 0 Å². The van der Waals surface area contributed by atoms with Crippen molar-refractivity contribution in [2.45, 2.75) is 13.5 Å². The first kappa shape index (κ1) is 13.1. The predicted octanol–water partition coefficient (Wildman–Crippen LogP) is 2.72. The Balaban J connectivity index is 2.12. The summed E-state index contributed by atoms with van der Waals surface area (Å²) in [5.74, 6) is -0.0230. The van der Waals surface area contributed by atoms with E-state index < -0.39 is 0 Å². The third-order valence-electron chi connectivity index (χ3n) is 2.83. The number of aromatic nitrogens is 2. The number of rotatable bonds is 3. The first-order chi connectivity index (χ1) is 8.49. The standard InChI is InChI=1S/C12H14ClN3OS/c1-8-10(6-14-16(8)3)12(17)15(2)7-9-4-5-11(13)18-9/h4-6H,7H2,1-3H3. The SMILES string of the molecule is Cc1c(C(=O)N(C)Cc2ccc(Cl)s2)cnn1C. The Hall–Kier alpha value is -1.33. The molecule has 0 fully saturated rings. The molecule has 2 heterocycles. The average molecular weight is 284 g/mol. The third-order valence-corrected chi connectivity index (χ3v) is 4.05. The Labute approximate surface area is 115 Å².